The van der Waals surface area contributed by atoms with Crippen LogP contribution in [-0.2, 0) is 23.0 Å². The Balaban J connectivity index is 0.000000118. The summed E-state index contributed by atoms with van der Waals surface area (Å²) in [6.45, 7) is 0. The molecule has 0 saturated carbocycles. The van der Waals surface area contributed by atoms with E-state index in [-0.39, 0.29) is 35.1 Å². The van der Waals surface area contributed by atoms with Gasteiger partial charge in [-0.3, -0.25) is 39.6 Å². The highest BCUT2D eigenvalue weighted by Crippen LogP contribution is 2.35. The third kappa shape index (κ3) is 20.2. The molecule has 0 saturated heterocycles. The molecule has 0 aliphatic carbocycles. The van der Waals surface area contributed by atoms with Crippen LogP contribution < -0.4 is 35.5 Å². The van der Waals surface area contributed by atoms with Gasteiger partial charge in [0.1, 0.15) is 73.9 Å². The second kappa shape index (κ2) is 38.8. The first-order valence-electron chi connectivity index (χ1n) is 38.4. The number of aromatic nitrogens is 17. The third-order valence-electron chi connectivity index (χ3n) is 18.9. The molecule has 11 aromatic heterocycles. The van der Waals surface area contributed by atoms with E-state index in [9.17, 15) is 19.2 Å². The van der Waals surface area contributed by atoms with Crippen LogP contribution >= 0.6 is 47.0 Å². The zero-order chi connectivity index (χ0) is 85.2. The fourth-order valence-corrected chi connectivity index (χ4v) is 16.6. The number of rotatable bonds is 24. The van der Waals surface area contributed by atoms with Crippen LogP contribution in [0, 0.1) is 0 Å². The monoisotopic (exact) mass is 1730 g/mol. The number of benzene rings is 9. The Bertz CT molecular complexity index is 7240. The molecule has 30 nitrogen and oxygen atoms in total. The Labute approximate surface area is 726 Å². The van der Waals surface area contributed by atoms with E-state index in [1.807, 2.05) is 194 Å². The van der Waals surface area contributed by atoms with Crippen LogP contribution in [0.3, 0.4) is 0 Å². The molecule has 0 fully saturated rings. The van der Waals surface area contributed by atoms with Crippen LogP contribution in [0.5, 0.6) is 23.0 Å². The molecule has 125 heavy (non-hydrogen) atoms. The minimum atomic E-state index is -0.320. The van der Waals surface area contributed by atoms with E-state index in [2.05, 4.69) is 107 Å². The Morgan fingerprint density at radius 2 is 0.760 bits per heavy atom. The highest BCUT2D eigenvalue weighted by Gasteiger charge is 2.20. The smallest absolute Gasteiger partial charge is 0.291 e. The SMILES string of the molecule is COc1cc(C(=O)Nc2cccc(CSc3ncnc4[nH]ncc34)c2)nc2ccccc12.COc1cccc2cc(C(=O)Nc3cccc(CSc4ncnc5[nH]ncc45)c3)oc12.O=C(Nc1cccc(CSc2ncnc3[nH]ncc23)c1)c1cc2ccccc2o1.O=C(Nc1cccc(CSc2ncnc3[nH]ncc23)c1)c1cccc(Oc2ccccc2)c1. The molecule has 34 heteroatoms. The number of furan rings is 2. The summed E-state index contributed by atoms with van der Waals surface area (Å²) in [7, 11) is 3.15. The third-order valence-corrected chi connectivity index (χ3v) is 23.2. The Hall–Kier alpha value is -15.7. The number of thioether (sulfide) groups is 4. The van der Waals surface area contributed by atoms with E-state index in [0.29, 0.717) is 108 Å². The average molecular weight is 1730 g/mol. The summed E-state index contributed by atoms with van der Waals surface area (Å²) in [5, 5.41) is 48.7. The molecule has 0 unspecified atom stereocenters. The summed E-state index contributed by atoms with van der Waals surface area (Å²) in [6.07, 6.45) is 13.0. The molecule has 11 heterocycles. The van der Waals surface area contributed by atoms with Gasteiger partial charge in [-0.05, 0) is 138 Å². The van der Waals surface area contributed by atoms with E-state index < -0.39 is 0 Å². The van der Waals surface area contributed by atoms with Crippen molar-refractivity contribution in [3.05, 3.63) is 332 Å². The molecule has 9 aromatic carbocycles. The lowest BCUT2D eigenvalue weighted by atomic mass is 10.1. The van der Waals surface area contributed by atoms with E-state index in [0.717, 1.165) is 91.5 Å². The van der Waals surface area contributed by atoms with Gasteiger partial charge in [0, 0.05) is 73.5 Å². The number of aromatic amines is 4. The highest BCUT2D eigenvalue weighted by molar-refractivity contribution is 7.99. The molecule has 20 rings (SSSR count). The maximum atomic E-state index is 12.9. The Kier molecular flexibility index (Phi) is 25.4. The normalized spacial score (nSPS) is 11.0. The molecule has 616 valence electrons. The van der Waals surface area contributed by atoms with Gasteiger partial charge in [-0.25, -0.2) is 44.9 Å². The number of carbonyl (C=O) groups is 4. The summed E-state index contributed by atoms with van der Waals surface area (Å²) in [5.74, 6) is 4.71. The van der Waals surface area contributed by atoms with Crippen molar-refractivity contribution in [1.29, 1.82) is 0 Å². The van der Waals surface area contributed by atoms with Crippen molar-refractivity contribution in [2.45, 2.75) is 43.1 Å². The van der Waals surface area contributed by atoms with Crippen LogP contribution in [0.2, 0.25) is 0 Å². The van der Waals surface area contributed by atoms with E-state index in [1.165, 1.54) is 25.3 Å². The molecule has 8 N–H and O–H groups in total. The number of pyridine rings is 1. The summed E-state index contributed by atoms with van der Waals surface area (Å²) < 4.78 is 27.9. The first kappa shape index (κ1) is 81.7. The fourth-order valence-electron chi connectivity index (χ4n) is 12.9. The minimum absolute atomic E-state index is 0.200. The van der Waals surface area contributed by atoms with Gasteiger partial charge < -0.3 is 44.3 Å². The van der Waals surface area contributed by atoms with Crippen molar-refractivity contribution in [2.24, 2.45) is 0 Å². The molecule has 4 amide bonds. The minimum Gasteiger partial charge on any atom is -0.496 e. The molecule has 0 bridgehead atoms. The largest absolute Gasteiger partial charge is 0.496 e. The van der Waals surface area contributed by atoms with Crippen molar-refractivity contribution in [3.63, 3.8) is 0 Å². The van der Waals surface area contributed by atoms with Gasteiger partial charge in [0.2, 0.25) is 0 Å². The van der Waals surface area contributed by atoms with Gasteiger partial charge in [-0.15, -0.1) is 47.0 Å². The molecule has 0 aliphatic rings. The number of nitrogens with zero attached hydrogens (tertiary/aromatic N) is 13. The van der Waals surface area contributed by atoms with Crippen LogP contribution in [0.15, 0.2) is 316 Å². The zero-order valence-corrected chi connectivity index (χ0v) is 69.4. The van der Waals surface area contributed by atoms with Crippen molar-refractivity contribution < 1.29 is 42.2 Å². The van der Waals surface area contributed by atoms with E-state index >= 15 is 0 Å². The number of ether oxygens (including phenoxy) is 3. The number of hydrogen-bond donors (Lipinski definition) is 8. The topological polar surface area (TPSA) is 401 Å². The number of amides is 4. The average Bonchev–Trinajstić information content (AvgIpc) is 1.79. The molecular weight excluding hydrogens is 1660 g/mol. The molecular formula is C91H69N21O9S4. The number of hydrogen-bond acceptors (Lipinski definition) is 26. The molecule has 0 atom stereocenters. The van der Waals surface area contributed by atoms with Crippen LogP contribution in [0.1, 0.15) is 64.2 Å². The molecule has 0 aliphatic heterocycles. The zero-order valence-electron chi connectivity index (χ0n) is 66.1. The molecule has 20 aromatic rings. The second-order valence-corrected chi connectivity index (χ2v) is 31.2. The van der Waals surface area contributed by atoms with Gasteiger partial charge in [0.05, 0.1) is 66.1 Å². The van der Waals surface area contributed by atoms with Gasteiger partial charge >= 0.3 is 0 Å². The van der Waals surface area contributed by atoms with Crippen LogP contribution in [-0.4, -0.2) is 123 Å². The lowest BCUT2D eigenvalue weighted by molar-refractivity contribution is 0.0991. The number of nitrogens with one attached hydrogen (secondary N) is 8. The van der Waals surface area contributed by atoms with Gasteiger partial charge in [-0.1, -0.05) is 115 Å². The summed E-state index contributed by atoms with van der Waals surface area (Å²) in [4.78, 5) is 89.4. The summed E-state index contributed by atoms with van der Waals surface area (Å²) in [5.41, 5.74) is 12.7. The predicted octanol–water partition coefficient (Wildman–Crippen LogP) is 19.4. The van der Waals surface area contributed by atoms with E-state index in [1.54, 1.807) is 129 Å². The van der Waals surface area contributed by atoms with Crippen molar-refractivity contribution in [2.75, 3.05) is 35.5 Å². The highest BCUT2D eigenvalue weighted by atomic mass is 32.2. The standard InChI is InChI=1S/C25H19N5O2S.C23H18N6O2S.C22H17N5O3S.C21H15N5O2S/c31-24(18-7-5-11-21(13-18)32-20-9-2-1-3-10-20)29-19-8-4-6-17(12-19)15-33-25-22-14-28-30-23(22)26-16-27-25;1-31-20-10-19(28-18-8-3-2-7-16(18)20)22(30)27-15-6-4-5-14(9-15)12-32-23-17-11-26-29-21(17)24-13-25-23;1-29-17-7-3-5-14-9-18(30-19(14)17)21(28)26-15-6-2-4-13(8-15)11-31-22-16-10-25-27-20(16)23-12-24-22;27-20(18-9-14-5-1-2-7-17(14)28-18)25-15-6-3-4-13(8-15)11-29-21-16-10-24-26-19(16)22-12-23-21/h1-14,16H,15H2,(H,29,31)(H,26,27,28,30);2-11,13H,12H2,1H3,(H,27,30)(H,24,25,26,29);2-10,12H,11H2,1H3,(H,26,28)(H,23,24,25,27);1-10,12H,11H2,(H,25,27)(H,22,23,24,26). The van der Waals surface area contributed by atoms with Crippen LogP contribution in [0.25, 0.3) is 77.0 Å². The maximum Gasteiger partial charge on any atom is 0.291 e. The second-order valence-electron chi connectivity index (χ2n) is 27.3. The molecule has 0 spiro atoms. The van der Waals surface area contributed by atoms with Crippen molar-refractivity contribution in [3.8, 4) is 23.0 Å². The Morgan fingerprint density at radius 1 is 0.352 bits per heavy atom. The number of H-pyrrole nitrogens is 4. The Morgan fingerprint density at radius 3 is 1.25 bits per heavy atom. The van der Waals surface area contributed by atoms with E-state index in [4.69, 9.17) is 23.0 Å². The van der Waals surface area contributed by atoms with Gasteiger partial charge in [0.25, 0.3) is 23.6 Å². The van der Waals surface area contributed by atoms with Crippen molar-refractivity contribution >= 4 is 170 Å². The van der Waals surface area contributed by atoms with Gasteiger partial charge in [-0.2, -0.15) is 20.4 Å². The summed E-state index contributed by atoms with van der Waals surface area (Å²) >= 11 is 6.35. The number of carbonyl (C=O) groups excluding carboxylic acids is 4. The predicted molar refractivity (Wildman–Crippen MR) is 483 cm³/mol. The summed E-state index contributed by atoms with van der Waals surface area (Å²) in [6, 6.07) is 73.2. The lowest BCUT2D eigenvalue weighted by Gasteiger charge is -2.10. The quantitative estimate of drug-likeness (QED) is 0.0206. The number of anilines is 4. The van der Waals surface area contributed by atoms with Gasteiger partial charge in [0.15, 0.2) is 45.4 Å². The number of para-hydroxylation sites is 4. The first-order chi connectivity index (χ1) is 61.4. The van der Waals surface area contributed by atoms with Crippen LogP contribution in [0.4, 0.5) is 22.7 Å². The first-order valence-corrected chi connectivity index (χ1v) is 42.4. The number of methoxy groups -OCH3 is 2. The lowest BCUT2D eigenvalue weighted by Crippen LogP contribution is -2.14. The number of fused-ring (bicyclic) bond motifs is 7. The maximum absolute atomic E-state index is 12.9. The fraction of sp³-hybridized carbons (Fsp3) is 0.0659. The molecule has 0 radical (unpaired) electrons. The van der Waals surface area contributed by atoms with Crippen molar-refractivity contribution in [1.82, 2.24) is 85.6 Å².